The summed E-state index contributed by atoms with van der Waals surface area (Å²) in [5, 5.41) is 1.98. The van der Waals surface area contributed by atoms with E-state index in [1.165, 1.54) is 12.1 Å². The molecule has 3 aromatic rings. The average Bonchev–Trinajstić information content (AvgIpc) is 3.12. The van der Waals surface area contributed by atoms with Crippen LogP contribution in [0.2, 0.25) is 5.02 Å². The highest BCUT2D eigenvalue weighted by Gasteiger charge is 2.42. The van der Waals surface area contributed by atoms with Gasteiger partial charge in [-0.1, -0.05) is 28.9 Å². The summed E-state index contributed by atoms with van der Waals surface area (Å²) >= 11 is 11.5. The normalized spacial score (nSPS) is 12.8. The van der Waals surface area contributed by atoms with E-state index in [2.05, 4.69) is 10.1 Å². The van der Waals surface area contributed by atoms with Gasteiger partial charge in [0, 0.05) is 6.20 Å². The summed E-state index contributed by atoms with van der Waals surface area (Å²) in [6.07, 6.45) is -4.67. The summed E-state index contributed by atoms with van der Waals surface area (Å²) in [5.74, 6) is -2.59. The third-order valence-electron chi connectivity index (χ3n) is 4.07. The fraction of sp³-hybridized carbons (Fsp3) is 0.0500. The number of halogens is 7. The van der Waals surface area contributed by atoms with Gasteiger partial charge in [0.25, 0.3) is 5.24 Å². The molecule has 0 saturated heterocycles. The van der Waals surface area contributed by atoms with E-state index in [4.69, 9.17) is 33.5 Å². The lowest BCUT2D eigenvalue weighted by Crippen LogP contribution is -2.25. The van der Waals surface area contributed by atoms with Crippen LogP contribution in [0.3, 0.4) is 0 Å². The Balaban J connectivity index is 2.27. The summed E-state index contributed by atoms with van der Waals surface area (Å²) < 4.78 is 74.2. The number of benzene rings is 2. The smallest absolute Gasteiger partial charge is 0.404 e. The largest absolute Gasteiger partial charge is 0.434 e. The first-order valence-electron chi connectivity index (χ1n) is 8.52. The lowest BCUT2D eigenvalue weighted by Gasteiger charge is -2.13. The Labute approximate surface area is 186 Å². The van der Waals surface area contributed by atoms with E-state index in [9.17, 15) is 26.7 Å². The second kappa shape index (κ2) is 9.09. The molecule has 12 heteroatoms. The zero-order chi connectivity index (χ0) is 23.6. The van der Waals surface area contributed by atoms with Crippen molar-refractivity contribution in [2.45, 2.75) is 6.18 Å². The van der Waals surface area contributed by atoms with E-state index in [1.54, 1.807) is 0 Å². The standard InChI is InChI=1S/C20H10Cl2F5N3O2/c21-12-5-2-6-13(24)14(12)16-15(19(22)31)17(32-30-16)11(8-28)18(20(25,26)27)29-10-4-1-3-9(23)7-10/h1-8H,28H2. The Hall–Kier alpha value is -3.24. The van der Waals surface area contributed by atoms with E-state index in [-0.39, 0.29) is 5.02 Å². The third kappa shape index (κ3) is 4.66. The van der Waals surface area contributed by atoms with Crippen LogP contribution in [0.1, 0.15) is 16.1 Å². The molecule has 5 nitrogen and oxygen atoms in total. The van der Waals surface area contributed by atoms with Gasteiger partial charge in [0.05, 0.1) is 21.8 Å². The van der Waals surface area contributed by atoms with Crippen LogP contribution in [0.5, 0.6) is 0 Å². The van der Waals surface area contributed by atoms with Crippen molar-refractivity contribution in [1.29, 1.82) is 0 Å². The van der Waals surface area contributed by atoms with Crippen molar-refractivity contribution in [2.24, 2.45) is 10.7 Å². The summed E-state index contributed by atoms with van der Waals surface area (Å²) in [7, 11) is 0. The number of alkyl halides is 3. The van der Waals surface area contributed by atoms with Crippen molar-refractivity contribution < 1.29 is 31.3 Å². The SMILES string of the molecule is NC=C(C(=Nc1cccc(F)c1)C(F)(F)F)c1onc(-c2c(F)cccc2Cl)c1C(=O)Cl. The molecule has 1 heterocycles. The number of nitrogens with zero attached hydrogens (tertiary/aromatic N) is 2. The van der Waals surface area contributed by atoms with E-state index in [0.29, 0.717) is 6.20 Å². The van der Waals surface area contributed by atoms with Crippen LogP contribution in [0, 0.1) is 11.6 Å². The van der Waals surface area contributed by atoms with Crippen LogP contribution in [0.25, 0.3) is 16.8 Å². The number of carbonyl (C=O) groups excluding carboxylic acids is 1. The maximum Gasteiger partial charge on any atom is 0.434 e. The maximum absolute atomic E-state index is 14.3. The first kappa shape index (κ1) is 23.4. The van der Waals surface area contributed by atoms with Crippen molar-refractivity contribution in [3.63, 3.8) is 0 Å². The third-order valence-corrected chi connectivity index (χ3v) is 4.58. The van der Waals surface area contributed by atoms with Crippen LogP contribution >= 0.6 is 23.2 Å². The van der Waals surface area contributed by atoms with Crippen LogP contribution in [-0.4, -0.2) is 22.3 Å². The second-order valence-electron chi connectivity index (χ2n) is 6.12. The fourth-order valence-corrected chi connectivity index (χ4v) is 3.19. The molecule has 0 spiro atoms. The number of aliphatic imine (C=N–C) groups is 1. The minimum absolute atomic E-state index is 0.202. The fourth-order valence-electron chi connectivity index (χ4n) is 2.76. The number of carbonyl (C=O) groups is 1. The molecule has 1 aromatic heterocycles. The Bertz CT molecular complexity index is 1230. The number of nitrogens with two attached hydrogens (primary N) is 1. The highest BCUT2D eigenvalue weighted by atomic mass is 35.5. The molecule has 32 heavy (non-hydrogen) atoms. The molecule has 2 N–H and O–H groups in total. The van der Waals surface area contributed by atoms with E-state index >= 15 is 0 Å². The molecular formula is C20H10Cl2F5N3O2. The highest BCUT2D eigenvalue weighted by Crippen LogP contribution is 2.39. The monoisotopic (exact) mass is 489 g/mol. The molecule has 0 amide bonds. The Kier molecular flexibility index (Phi) is 6.65. The van der Waals surface area contributed by atoms with Gasteiger partial charge in [0.1, 0.15) is 22.9 Å². The topological polar surface area (TPSA) is 81.5 Å². The van der Waals surface area contributed by atoms with Gasteiger partial charge >= 0.3 is 6.18 Å². The molecule has 0 unspecified atom stereocenters. The van der Waals surface area contributed by atoms with E-state index in [0.717, 1.165) is 30.3 Å². The van der Waals surface area contributed by atoms with Crippen molar-refractivity contribution in [3.05, 3.63) is 76.6 Å². The molecule has 0 radical (unpaired) electrons. The van der Waals surface area contributed by atoms with Crippen molar-refractivity contribution in [1.82, 2.24) is 5.16 Å². The predicted molar refractivity (Wildman–Crippen MR) is 109 cm³/mol. The number of hydrogen-bond donors (Lipinski definition) is 1. The molecule has 0 saturated carbocycles. The Morgan fingerprint density at radius 3 is 2.41 bits per heavy atom. The molecule has 0 atom stereocenters. The minimum Gasteiger partial charge on any atom is -0.404 e. The number of hydrogen-bond acceptors (Lipinski definition) is 5. The molecule has 0 aliphatic heterocycles. The molecule has 0 bridgehead atoms. The Morgan fingerprint density at radius 1 is 1.16 bits per heavy atom. The van der Waals surface area contributed by atoms with Gasteiger partial charge in [-0.15, -0.1) is 0 Å². The number of allylic oxidation sites excluding steroid dienone is 1. The lowest BCUT2D eigenvalue weighted by molar-refractivity contribution is -0.0571. The molecular weight excluding hydrogens is 480 g/mol. The van der Waals surface area contributed by atoms with Crippen molar-refractivity contribution in [3.8, 4) is 11.3 Å². The highest BCUT2D eigenvalue weighted by molar-refractivity contribution is 6.68. The zero-order valence-electron chi connectivity index (χ0n) is 15.6. The summed E-state index contributed by atoms with van der Waals surface area (Å²) in [6, 6.07) is 7.54. The van der Waals surface area contributed by atoms with E-state index in [1.807, 2.05) is 0 Å². The molecule has 0 aliphatic carbocycles. The summed E-state index contributed by atoms with van der Waals surface area (Å²) in [5.41, 5.74) is 0.776. The maximum atomic E-state index is 14.3. The van der Waals surface area contributed by atoms with Gasteiger partial charge in [-0.2, -0.15) is 13.2 Å². The minimum atomic E-state index is -5.13. The van der Waals surface area contributed by atoms with Crippen LogP contribution in [0.15, 0.2) is 58.2 Å². The first-order chi connectivity index (χ1) is 15.0. The molecule has 0 fully saturated rings. The molecule has 3 rings (SSSR count). The van der Waals surface area contributed by atoms with Crippen LogP contribution in [0.4, 0.5) is 27.6 Å². The first-order valence-corrected chi connectivity index (χ1v) is 9.28. The van der Waals surface area contributed by atoms with Gasteiger partial charge in [-0.05, 0) is 41.9 Å². The van der Waals surface area contributed by atoms with Gasteiger partial charge in [-0.3, -0.25) is 4.79 Å². The van der Waals surface area contributed by atoms with Gasteiger partial charge in [0.15, 0.2) is 11.5 Å². The Morgan fingerprint density at radius 2 is 1.84 bits per heavy atom. The number of rotatable bonds is 5. The molecule has 166 valence electrons. The number of aromatic nitrogens is 1. The van der Waals surface area contributed by atoms with Crippen molar-refractivity contribution in [2.75, 3.05) is 0 Å². The summed E-state index contributed by atoms with van der Waals surface area (Å²) in [4.78, 5) is 15.5. The van der Waals surface area contributed by atoms with Crippen LogP contribution < -0.4 is 5.73 Å². The van der Waals surface area contributed by atoms with Gasteiger partial charge < -0.3 is 10.3 Å². The van der Waals surface area contributed by atoms with Crippen LogP contribution in [-0.2, 0) is 0 Å². The molecule has 2 aromatic carbocycles. The van der Waals surface area contributed by atoms with Gasteiger partial charge in [0.2, 0.25) is 0 Å². The predicted octanol–water partition coefficient (Wildman–Crippen LogP) is 6.29. The van der Waals surface area contributed by atoms with Gasteiger partial charge in [-0.25, -0.2) is 13.8 Å². The van der Waals surface area contributed by atoms with E-state index < -0.39 is 62.6 Å². The average molecular weight is 490 g/mol. The summed E-state index contributed by atoms with van der Waals surface area (Å²) in [6.45, 7) is 0. The molecule has 0 aliphatic rings. The van der Waals surface area contributed by atoms with Crippen molar-refractivity contribution >= 4 is 45.4 Å². The lowest BCUT2D eigenvalue weighted by atomic mass is 10.00. The quantitative estimate of drug-likeness (QED) is 0.259. The zero-order valence-corrected chi connectivity index (χ0v) is 17.1. The second-order valence-corrected chi connectivity index (χ2v) is 6.87.